The van der Waals surface area contributed by atoms with Crippen LogP contribution in [0.1, 0.15) is 69.7 Å². The molecule has 1 heterocycles. The summed E-state index contributed by atoms with van der Waals surface area (Å²) in [6.07, 6.45) is 11.1. The molecule has 2 nitrogen and oxygen atoms in total. The van der Waals surface area contributed by atoms with Crippen LogP contribution in [0.4, 0.5) is 0 Å². The topological polar surface area (TPSA) is 24.9 Å². The van der Waals surface area contributed by atoms with E-state index in [2.05, 4.69) is 29.4 Å². The minimum absolute atomic E-state index is 0.901. The molecule has 0 aromatic carbocycles. The Morgan fingerprint density at radius 2 is 1.63 bits per heavy atom. The van der Waals surface area contributed by atoms with Crippen LogP contribution in [0.5, 0.6) is 0 Å². The van der Waals surface area contributed by atoms with Crippen molar-refractivity contribution in [1.29, 1.82) is 0 Å². The number of rotatable bonds is 11. The SMILES string of the molecule is CCCCCCCCCCNCc1cccc(C)n1. The van der Waals surface area contributed by atoms with Crippen molar-refractivity contribution in [2.24, 2.45) is 0 Å². The van der Waals surface area contributed by atoms with E-state index >= 15 is 0 Å². The second kappa shape index (κ2) is 11.0. The van der Waals surface area contributed by atoms with Gasteiger partial charge in [-0.05, 0) is 32.0 Å². The zero-order valence-electron chi connectivity index (χ0n) is 12.8. The van der Waals surface area contributed by atoms with Crippen molar-refractivity contribution in [2.75, 3.05) is 6.54 Å². The molecule has 0 bridgehead atoms. The first-order valence-corrected chi connectivity index (χ1v) is 7.96. The highest BCUT2D eigenvalue weighted by atomic mass is 14.9. The van der Waals surface area contributed by atoms with E-state index in [-0.39, 0.29) is 0 Å². The number of hydrogen-bond acceptors (Lipinski definition) is 2. The molecule has 1 aromatic rings. The molecule has 0 atom stereocenters. The summed E-state index contributed by atoms with van der Waals surface area (Å²) in [5, 5.41) is 3.48. The summed E-state index contributed by atoms with van der Waals surface area (Å²) in [6, 6.07) is 6.21. The lowest BCUT2D eigenvalue weighted by molar-refractivity contribution is 0.553. The molecule has 0 radical (unpaired) electrons. The number of aryl methyl sites for hydroxylation is 1. The minimum Gasteiger partial charge on any atom is -0.311 e. The van der Waals surface area contributed by atoms with Crippen molar-refractivity contribution in [3.63, 3.8) is 0 Å². The highest BCUT2D eigenvalue weighted by Crippen LogP contribution is 2.08. The van der Waals surface area contributed by atoms with Crippen LogP contribution in [0.15, 0.2) is 18.2 Å². The van der Waals surface area contributed by atoms with Gasteiger partial charge >= 0.3 is 0 Å². The lowest BCUT2D eigenvalue weighted by Gasteiger charge is -2.05. The third kappa shape index (κ3) is 8.77. The van der Waals surface area contributed by atoms with Gasteiger partial charge in [0.1, 0.15) is 0 Å². The summed E-state index contributed by atoms with van der Waals surface area (Å²) in [4.78, 5) is 4.49. The van der Waals surface area contributed by atoms with E-state index in [0.717, 1.165) is 24.5 Å². The fourth-order valence-corrected chi connectivity index (χ4v) is 2.30. The van der Waals surface area contributed by atoms with Crippen molar-refractivity contribution in [3.8, 4) is 0 Å². The third-order valence-electron chi connectivity index (χ3n) is 3.46. The van der Waals surface area contributed by atoms with Crippen LogP contribution in [-0.4, -0.2) is 11.5 Å². The standard InChI is InChI=1S/C17H30N2/c1-3-4-5-6-7-8-9-10-14-18-15-17-13-11-12-16(2)19-17/h11-13,18H,3-10,14-15H2,1-2H3. The maximum Gasteiger partial charge on any atom is 0.0544 e. The van der Waals surface area contributed by atoms with Gasteiger partial charge in [0.15, 0.2) is 0 Å². The number of pyridine rings is 1. The molecule has 0 fully saturated rings. The lowest BCUT2D eigenvalue weighted by atomic mass is 10.1. The van der Waals surface area contributed by atoms with Gasteiger partial charge in [-0.25, -0.2) is 0 Å². The van der Waals surface area contributed by atoms with Crippen LogP contribution in [0.2, 0.25) is 0 Å². The van der Waals surface area contributed by atoms with Crippen LogP contribution in [0.25, 0.3) is 0 Å². The predicted molar refractivity (Wildman–Crippen MR) is 83.3 cm³/mol. The largest absolute Gasteiger partial charge is 0.311 e. The number of nitrogens with zero attached hydrogens (tertiary/aromatic N) is 1. The van der Waals surface area contributed by atoms with E-state index in [4.69, 9.17) is 0 Å². The molecule has 0 unspecified atom stereocenters. The normalized spacial score (nSPS) is 10.8. The number of unbranched alkanes of at least 4 members (excludes halogenated alkanes) is 7. The molecule has 0 amide bonds. The van der Waals surface area contributed by atoms with Crippen LogP contribution in [0, 0.1) is 6.92 Å². The van der Waals surface area contributed by atoms with Crippen molar-refractivity contribution in [2.45, 2.75) is 71.8 Å². The quantitative estimate of drug-likeness (QED) is 0.589. The average molecular weight is 262 g/mol. The van der Waals surface area contributed by atoms with Crippen LogP contribution in [0.3, 0.4) is 0 Å². The van der Waals surface area contributed by atoms with Gasteiger partial charge in [-0.2, -0.15) is 0 Å². The van der Waals surface area contributed by atoms with Crippen molar-refractivity contribution < 1.29 is 0 Å². The van der Waals surface area contributed by atoms with E-state index < -0.39 is 0 Å². The molecule has 108 valence electrons. The second-order valence-corrected chi connectivity index (χ2v) is 5.42. The molecule has 1 aromatic heterocycles. The molecule has 0 saturated carbocycles. The number of hydrogen-bond donors (Lipinski definition) is 1. The summed E-state index contributed by atoms with van der Waals surface area (Å²) in [6.45, 7) is 6.33. The summed E-state index contributed by atoms with van der Waals surface area (Å²) >= 11 is 0. The Balaban J connectivity index is 1.89. The van der Waals surface area contributed by atoms with E-state index in [1.54, 1.807) is 0 Å². The van der Waals surface area contributed by atoms with Crippen LogP contribution >= 0.6 is 0 Å². The fourth-order valence-electron chi connectivity index (χ4n) is 2.30. The van der Waals surface area contributed by atoms with Gasteiger partial charge in [0.2, 0.25) is 0 Å². The van der Waals surface area contributed by atoms with Gasteiger partial charge in [-0.3, -0.25) is 4.98 Å². The Kier molecular flexibility index (Phi) is 9.34. The summed E-state index contributed by atoms with van der Waals surface area (Å²) in [5.74, 6) is 0. The Labute approximate surface area is 119 Å². The van der Waals surface area contributed by atoms with E-state index in [1.807, 2.05) is 13.0 Å². The van der Waals surface area contributed by atoms with Gasteiger partial charge in [0.05, 0.1) is 5.69 Å². The molecule has 0 saturated heterocycles. The monoisotopic (exact) mass is 262 g/mol. The van der Waals surface area contributed by atoms with E-state index in [9.17, 15) is 0 Å². The zero-order chi connectivity index (χ0) is 13.8. The first kappa shape index (κ1) is 16.2. The fraction of sp³-hybridized carbons (Fsp3) is 0.706. The Morgan fingerprint density at radius 3 is 2.32 bits per heavy atom. The van der Waals surface area contributed by atoms with Gasteiger partial charge in [-0.15, -0.1) is 0 Å². The lowest BCUT2D eigenvalue weighted by Crippen LogP contribution is -2.15. The highest BCUT2D eigenvalue weighted by Gasteiger charge is 1.95. The number of nitrogens with one attached hydrogen (secondary N) is 1. The molecular formula is C17H30N2. The van der Waals surface area contributed by atoms with Gasteiger partial charge < -0.3 is 5.32 Å². The summed E-state index contributed by atoms with van der Waals surface area (Å²) < 4.78 is 0. The minimum atomic E-state index is 0.901. The summed E-state index contributed by atoms with van der Waals surface area (Å²) in [5.41, 5.74) is 2.26. The zero-order valence-corrected chi connectivity index (χ0v) is 12.8. The maximum absolute atomic E-state index is 4.49. The average Bonchev–Trinajstić information content (AvgIpc) is 2.41. The van der Waals surface area contributed by atoms with Gasteiger partial charge in [0, 0.05) is 12.2 Å². The van der Waals surface area contributed by atoms with E-state index in [1.165, 1.54) is 51.4 Å². The highest BCUT2D eigenvalue weighted by molar-refractivity contribution is 5.09. The molecule has 2 heteroatoms. The van der Waals surface area contributed by atoms with E-state index in [0.29, 0.717) is 0 Å². The first-order chi connectivity index (χ1) is 9.33. The first-order valence-electron chi connectivity index (χ1n) is 7.96. The Morgan fingerprint density at radius 1 is 0.947 bits per heavy atom. The maximum atomic E-state index is 4.49. The predicted octanol–water partition coefficient (Wildman–Crippen LogP) is 4.62. The van der Waals surface area contributed by atoms with Crippen LogP contribution in [-0.2, 0) is 6.54 Å². The molecule has 0 spiro atoms. The van der Waals surface area contributed by atoms with Crippen LogP contribution < -0.4 is 5.32 Å². The van der Waals surface area contributed by atoms with Gasteiger partial charge in [-0.1, -0.05) is 57.9 Å². The smallest absolute Gasteiger partial charge is 0.0544 e. The molecule has 1 rings (SSSR count). The molecular weight excluding hydrogens is 232 g/mol. The third-order valence-corrected chi connectivity index (χ3v) is 3.46. The van der Waals surface area contributed by atoms with Crippen molar-refractivity contribution in [1.82, 2.24) is 10.3 Å². The Hall–Kier alpha value is -0.890. The molecule has 1 N–H and O–H groups in total. The number of aromatic nitrogens is 1. The van der Waals surface area contributed by atoms with Crippen molar-refractivity contribution in [3.05, 3.63) is 29.6 Å². The van der Waals surface area contributed by atoms with Crippen molar-refractivity contribution >= 4 is 0 Å². The molecule has 0 aliphatic rings. The molecule has 0 aliphatic heterocycles. The summed E-state index contributed by atoms with van der Waals surface area (Å²) in [7, 11) is 0. The van der Waals surface area contributed by atoms with Gasteiger partial charge in [0.25, 0.3) is 0 Å². The Bertz CT molecular complexity index is 323. The second-order valence-electron chi connectivity index (χ2n) is 5.42. The molecule has 19 heavy (non-hydrogen) atoms. The molecule has 0 aliphatic carbocycles.